The fourth-order valence-corrected chi connectivity index (χ4v) is 2.47. The van der Waals surface area contributed by atoms with Crippen LogP contribution in [-0.2, 0) is 6.61 Å². The Morgan fingerprint density at radius 2 is 2.00 bits per heavy atom. The second-order valence-corrected chi connectivity index (χ2v) is 5.65. The number of halogens is 1. The maximum Gasteiger partial charge on any atom is 0.336 e. The Bertz CT molecular complexity index is 698. The molecule has 0 bridgehead atoms. The van der Waals surface area contributed by atoms with Crippen LogP contribution in [0.25, 0.3) is 0 Å². The van der Waals surface area contributed by atoms with Crippen LogP contribution in [-0.4, -0.2) is 11.1 Å². The third-order valence-electron chi connectivity index (χ3n) is 3.21. The molecule has 0 saturated carbocycles. The summed E-state index contributed by atoms with van der Waals surface area (Å²) in [6, 6.07) is 8.58. The van der Waals surface area contributed by atoms with E-state index in [4.69, 9.17) is 16.3 Å². The van der Waals surface area contributed by atoms with Gasteiger partial charge in [-0.3, -0.25) is 0 Å². The number of carbonyl (C=O) groups is 1. The molecule has 2 aromatic carbocycles. The summed E-state index contributed by atoms with van der Waals surface area (Å²) in [4.78, 5) is 12.1. The van der Waals surface area contributed by atoms with Crippen molar-refractivity contribution in [3.8, 4) is 5.75 Å². The Labute approximate surface area is 133 Å². The molecule has 0 aliphatic carbocycles. The molecule has 21 heavy (non-hydrogen) atoms. The largest absolute Gasteiger partial charge is 0.489 e. The summed E-state index contributed by atoms with van der Waals surface area (Å²) in [5.41, 5.74) is 2.56. The Kier molecular flexibility index (Phi) is 4.80. The van der Waals surface area contributed by atoms with Gasteiger partial charge in [-0.2, -0.15) is 0 Å². The third-order valence-corrected chi connectivity index (χ3v) is 4.05. The first-order valence-corrected chi connectivity index (χ1v) is 7.16. The summed E-state index contributed by atoms with van der Waals surface area (Å²) in [5, 5.41) is 9.58. The molecular weight excluding hydrogens is 308 g/mol. The molecule has 0 radical (unpaired) electrons. The normalized spacial score (nSPS) is 10.5. The highest BCUT2D eigenvalue weighted by molar-refractivity contribution is 7.80. The molecule has 0 aliphatic rings. The van der Waals surface area contributed by atoms with Crippen LogP contribution in [0.1, 0.15) is 27.0 Å². The minimum atomic E-state index is -1.02. The lowest BCUT2D eigenvalue weighted by molar-refractivity contribution is 0.0694. The van der Waals surface area contributed by atoms with Gasteiger partial charge in [-0.05, 0) is 49.2 Å². The maximum absolute atomic E-state index is 11.2. The highest BCUT2D eigenvalue weighted by Crippen LogP contribution is 2.27. The van der Waals surface area contributed by atoms with E-state index in [2.05, 4.69) is 12.6 Å². The second kappa shape index (κ2) is 6.41. The van der Waals surface area contributed by atoms with Gasteiger partial charge < -0.3 is 9.84 Å². The topological polar surface area (TPSA) is 46.5 Å². The molecule has 0 spiro atoms. The first kappa shape index (κ1) is 15.7. The van der Waals surface area contributed by atoms with Gasteiger partial charge in [0.25, 0.3) is 0 Å². The fourth-order valence-electron chi connectivity index (χ4n) is 1.99. The van der Waals surface area contributed by atoms with Crippen LogP contribution in [0, 0.1) is 13.8 Å². The average Bonchev–Trinajstić information content (AvgIpc) is 2.42. The van der Waals surface area contributed by atoms with Crippen molar-refractivity contribution < 1.29 is 14.6 Å². The summed E-state index contributed by atoms with van der Waals surface area (Å²) in [7, 11) is 0. The van der Waals surface area contributed by atoms with E-state index in [1.165, 1.54) is 6.07 Å². The van der Waals surface area contributed by atoms with Crippen molar-refractivity contribution in [3.05, 3.63) is 57.6 Å². The van der Waals surface area contributed by atoms with Gasteiger partial charge in [-0.15, -0.1) is 12.6 Å². The van der Waals surface area contributed by atoms with E-state index in [0.29, 0.717) is 16.3 Å². The van der Waals surface area contributed by atoms with Gasteiger partial charge in [0.15, 0.2) is 0 Å². The van der Waals surface area contributed by atoms with Crippen LogP contribution in [0.3, 0.4) is 0 Å². The zero-order valence-electron chi connectivity index (χ0n) is 11.7. The number of rotatable bonds is 4. The molecule has 5 heteroatoms. The van der Waals surface area contributed by atoms with Crippen LogP contribution in [0.15, 0.2) is 35.2 Å². The van der Waals surface area contributed by atoms with Crippen LogP contribution < -0.4 is 4.74 Å². The number of aryl methyl sites for hydroxylation is 2. The standard InChI is InChI=1S/C16H15ClO3S/c1-9-7-15(21)10(2)6-14(9)20-8-12-11(16(18)19)4-3-5-13(12)17/h3-7,21H,8H2,1-2H3,(H,18,19). The Hall–Kier alpha value is -1.65. The van der Waals surface area contributed by atoms with Gasteiger partial charge in [0, 0.05) is 15.5 Å². The molecule has 0 atom stereocenters. The number of hydrogen-bond donors (Lipinski definition) is 2. The third kappa shape index (κ3) is 3.52. The first-order chi connectivity index (χ1) is 9.90. The summed E-state index contributed by atoms with van der Waals surface area (Å²) in [5.74, 6) is -0.323. The monoisotopic (exact) mass is 322 g/mol. The Morgan fingerprint density at radius 1 is 1.29 bits per heavy atom. The highest BCUT2D eigenvalue weighted by Gasteiger charge is 2.14. The van der Waals surface area contributed by atoms with Crippen molar-refractivity contribution in [2.75, 3.05) is 0 Å². The van der Waals surface area contributed by atoms with Crippen LogP contribution in [0.2, 0.25) is 5.02 Å². The molecule has 2 rings (SSSR count). The zero-order chi connectivity index (χ0) is 15.6. The predicted molar refractivity (Wildman–Crippen MR) is 85.9 cm³/mol. The summed E-state index contributed by atoms with van der Waals surface area (Å²) in [6.45, 7) is 3.96. The minimum absolute atomic E-state index is 0.105. The summed E-state index contributed by atoms with van der Waals surface area (Å²) >= 11 is 10.4. The van der Waals surface area contributed by atoms with Crippen molar-refractivity contribution >= 4 is 30.2 Å². The number of carboxylic acid groups (broad SMARTS) is 1. The molecule has 0 unspecified atom stereocenters. The van der Waals surface area contributed by atoms with Crippen LogP contribution >= 0.6 is 24.2 Å². The molecule has 3 nitrogen and oxygen atoms in total. The lowest BCUT2D eigenvalue weighted by Crippen LogP contribution is -2.07. The van der Waals surface area contributed by atoms with Gasteiger partial charge >= 0.3 is 5.97 Å². The van der Waals surface area contributed by atoms with Crippen molar-refractivity contribution in [2.45, 2.75) is 25.3 Å². The van der Waals surface area contributed by atoms with Crippen LogP contribution in [0.4, 0.5) is 0 Å². The molecule has 0 aromatic heterocycles. The van der Waals surface area contributed by atoms with E-state index < -0.39 is 5.97 Å². The fraction of sp³-hybridized carbons (Fsp3) is 0.188. The number of aromatic carboxylic acids is 1. The van der Waals surface area contributed by atoms with Crippen molar-refractivity contribution in [1.29, 1.82) is 0 Å². The zero-order valence-corrected chi connectivity index (χ0v) is 13.3. The molecule has 0 amide bonds. The molecule has 2 aromatic rings. The highest BCUT2D eigenvalue weighted by atomic mass is 35.5. The Morgan fingerprint density at radius 3 is 2.67 bits per heavy atom. The number of ether oxygens (including phenoxy) is 1. The maximum atomic E-state index is 11.2. The number of carboxylic acids is 1. The van der Waals surface area contributed by atoms with Gasteiger partial charge in [0.05, 0.1) is 5.56 Å². The van der Waals surface area contributed by atoms with Gasteiger partial charge in [0.1, 0.15) is 12.4 Å². The first-order valence-electron chi connectivity index (χ1n) is 6.34. The number of benzene rings is 2. The smallest absolute Gasteiger partial charge is 0.336 e. The summed E-state index contributed by atoms with van der Waals surface area (Å²) < 4.78 is 5.75. The van der Waals surface area contributed by atoms with Gasteiger partial charge in [-0.25, -0.2) is 4.79 Å². The Balaban J connectivity index is 2.29. The predicted octanol–water partition coefficient (Wildman–Crippen LogP) is 4.52. The van der Waals surface area contributed by atoms with E-state index >= 15 is 0 Å². The molecule has 0 aliphatic heterocycles. The molecule has 0 saturated heterocycles. The van der Waals surface area contributed by atoms with Crippen LogP contribution in [0.5, 0.6) is 5.75 Å². The molecule has 0 heterocycles. The quantitative estimate of drug-likeness (QED) is 0.813. The van der Waals surface area contributed by atoms with E-state index in [1.807, 2.05) is 26.0 Å². The van der Waals surface area contributed by atoms with Crippen molar-refractivity contribution in [1.82, 2.24) is 0 Å². The molecule has 110 valence electrons. The summed E-state index contributed by atoms with van der Waals surface area (Å²) in [6.07, 6.45) is 0. The SMILES string of the molecule is Cc1cc(OCc2c(Cl)cccc2C(=O)O)c(C)cc1S. The lowest BCUT2D eigenvalue weighted by atomic mass is 10.1. The van der Waals surface area contributed by atoms with Crippen molar-refractivity contribution in [2.24, 2.45) is 0 Å². The average molecular weight is 323 g/mol. The van der Waals surface area contributed by atoms with Gasteiger partial charge in [-0.1, -0.05) is 17.7 Å². The van der Waals surface area contributed by atoms with Crippen molar-refractivity contribution in [3.63, 3.8) is 0 Å². The molecular formula is C16H15ClO3S. The molecule has 0 fully saturated rings. The van der Waals surface area contributed by atoms with E-state index in [0.717, 1.165) is 16.0 Å². The minimum Gasteiger partial charge on any atom is -0.489 e. The van der Waals surface area contributed by atoms with E-state index in [9.17, 15) is 9.90 Å². The van der Waals surface area contributed by atoms with E-state index in [1.54, 1.807) is 12.1 Å². The van der Waals surface area contributed by atoms with Gasteiger partial charge in [0.2, 0.25) is 0 Å². The van der Waals surface area contributed by atoms with E-state index in [-0.39, 0.29) is 12.2 Å². The number of hydrogen-bond acceptors (Lipinski definition) is 3. The lowest BCUT2D eigenvalue weighted by Gasteiger charge is -2.13. The second-order valence-electron chi connectivity index (χ2n) is 4.76. The molecule has 1 N–H and O–H groups in total. The number of thiol groups is 1.